The summed E-state index contributed by atoms with van der Waals surface area (Å²) < 4.78 is 25.3. The van der Waals surface area contributed by atoms with Crippen molar-refractivity contribution in [3.63, 3.8) is 0 Å². The molecule has 1 unspecified atom stereocenters. The number of nitrogens with zero attached hydrogens (tertiary/aromatic N) is 3. The Morgan fingerprint density at radius 1 is 1.35 bits per heavy atom. The van der Waals surface area contributed by atoms with E-state index in [1.165, 1.54) is 11.2 Å². The Balaban J connectivity index is 2.79. The second-order valence-electron chi connectivity index (χ2n) is 5.04. The third-order valence-corrected chi connectivity index (χ3v) is 5.81. The van der Waals surface area contributed by atoms with Crippen LogP contribution in [0, 0.1) is 11.3 Å². The predicted octanol–water partition coefficient (Wildman–Crippen LogP) is 0.644. The quantitative estimate of drug-likeness (QED) is 0.727. The highest BCUT2D eigenvalue weighted by Gasteiger charge is 2.42. The molecule has 0 radical (unpaired) electrons. The molecule has 1 atom stereocenters. The summed E-state index contributed by atoms with van der Waals surface area (Å²) in [5.74, 6) is 0. The summed E-state index contributed by atoms with van der Waals surface area (Å²) in [5.41, 5.74) is -0.0446. The number of hydrogen-bond donors (Lipinski definition) is 0. The molecule has 0 aromatic heterocycles. The molecule has 5 nitrogen and oxygen atoms in total. The topological polar surface area (TPSA) is 64.4 Å². The van der Waals surface area contributed by atoms with E-state index in [0.29, 0.717) is 6.54 Å². The molecule has 0 aromatic rings. The second kappa shape index (κ2) is 4.92. The van der Waals surface area contributed by atoms with Crippen LogP contribution in [0.2, 0.25) is 0 Å². The first kappa shape index (κ1) is 14.4. The molecule has 98 valence electrons. The molecular formula is C11H21N3O2S. The molecule has 0 spiro atoms. The van der Waals surface area contributed by atoms with Crippen molar-refractivity contribution >= 4 is 10.0 Å². The van der Waals surface area contributed by atoms with Crippen molar-refractivity contribution in [3.05, 3.63) is 0 Å². The summed E-state index contributed by atoms with van der Waals surface area (Å²) in [6.45, 7) is 1.89. The largest absolute Gasteiger partial charge is 0.302 e. The van der Waals surface area contributed by atoms with Gasteiger partial charge in [-0.2, -0.15) is 5.26 Å². The van der Waals surface area contributed by atoms with Crippen LogP contribution in [0.3, 0.4) is 0 Å². The zero-order valence-corrected chi connectivity index (χ0v) is 11.8. The Morgan fingerprint density at radius 3 is 2.18 bits per heavy atom. The van der Waals surface area contributed by atoms with Crippen LogP contribution in [0.25, 0.3) is 0 Å². The Morgan fingerprint density at radius 2 is 1.88 bits per heavy atom. The lowest BCUT2D eigenvalue weighted by Crippen LogP contribution is -2.58. The van der Waals surface area contributed by atoms with Gasteiger partial charge in [0.2, 0.25) is 10.0 Å². The summed E-state index contributed by atoms with van der Waals surface area (Å²) in [6, 6.07) is 1.79. The lowest BCUT2D eigenvalue weighted by atomic mass is 9.75. The van der Waals surface area contributed by atoms with Crippen molar-refractivity contribution in [1.29, 1.82) is 5.26 Å². The minimum atomic E-state index is -3.49. The molecule has 1 fully saturated rings. The third-order valence-electron chi connectivity index (χ3n) is 3.81. The maximum absolute atomic E-state index is 12.0. The lowest BCUT2D eigenvalue weighted by molar-refractivity contribution is 0.0454. The van der Waals surface area contributed by atoms with Crippen LogP contribution in [-0.2, 0) is 10.0 Å². The minimum absolute atomic E-state index is 0.0446. The van der Waals surface area contributed by atoms with Crippen molar-refractivity contribution in [2.24, 2.45) is 0 Å². The standard InChI is InChI=1S/C11H21N3O2S/c1-10(8-12)17(15,16)14(4)9-11(13(2)3)6-5-7-11/h10H,5-7,9H2,1-4H3. The van der Waals surface area contributed by atoms with E-state index in [1.807, 2.05) is 14.1 Å². The SMILES string of the molecule is CC(C#N)S(=O)(=O)N(C)CC1(N(C)C)CCC1. The highest BCUT2D eigenvalue weighted by atomic mass is 32.2. The Bertz CT molecular complexity index is 407. The first-order valence-electron chi connectivity index (χ1n) is 5.78. The summed E-state index contributed by atoms with van der Waals surface area (Å²) in [4.78, 5) is 2.10. The van der Waals surface area contributed by atoms with Crippen LogP contribution in [-0.4, -0.2) is 56.1 Å². The van der Waals surface area contributed by atoms with Gasteiger partial charge in [-0.15, -0.1) is 0 Å². The van der Waals surface area contributed by atoms with Gasteiger partial charge in [0.05, 0.1) is 6.07 Å². The normalized spacial score (nSPS) is 21.0. The van der Waals surface area contributed by atoms with E-state index in [4.69, 9.17) is 5.26 Å². The van der Waals surface area contributed by atoms with Gasteiger partial charge < -0.3 is 4.90 Å². The van der Waals surface area contributed by atoms with Gasteiger partial charge in [0.15, 0.2) is 5.25 Å². The average Bonchev–Trinajstić information content (AvgIpc) is 2.20. The molecule has 1 rings (SSSR count). The fourth-order valence-corrected chi connectivity index (χ4v) is 3.27. The van der Waals surface area contributed by atoms with E-state index >= 15 is 0 Å². The molecule has 0 N–H and O–H groups in total. The Hall–Kier alpha value is -0.640. The summed E-state index contributed by atoms with van der Waals surface area (Å²) in [7, 11) is 2.03. The van der Waals surface area contributed by atoms with Crippen molar-refractivity contribution < 1.29 is 8.42 Å². The summed E-state index contributed by atoms with van der Waals surface area (Å²) >= 11 is 0. The maximum Gasteiger partial charge on any atom is 0.230 e. The fourth-order valence-electron chi connectivity index (χ4n) is 2.17. The van der Waals surface area contributed by atoms with E-state index in [1.54, 1.807) is 13.1 Å². The van der Waals surface area contributed by atoms with Crippen molar-refractivity contribution in [2.45, 2.75) is 37.0 Å². The zero-order valence-electron chi connectivity index (χ0n) is 11.0. The molecule has 6 heteroatoms. The number of nitriles is 1. The molecule has 0 saturated heterocycles. The van der Waals surface area contributed by atoms with E-state index in [2.05, 4.69) is 4.90 Å². The minimum Gasteiger partial charge on any atom is -0.302 e. The van der Waals surface area contributed by atoms with Crippen LogP contribution in [0.5, 0.6) is 0 Å². The fraction of sp³-hybridized carbons (Fsp3) is 0.909. The molecule has 0 aliphatic heterocycles. The molecule has 0 aromatic carbocycles. The zero-order chi connectivity index (χ0) is 13.3. The van der Waals surface area contributed by atoms with Crippen LogP contribution in [0.1, 0.15) is 26.2 Å². The van der Waals surface area contributed by atoms with Gasteiger partial charge in [0, 0.05) is 19.1 Å². The van der Waals surface area contributed by atoms with Crippen molar-refractivity contribution in [2.75, 3.05) is 27.7 Å². The van der Waals surface area contributed by atoms with E-state index < -0.39 is 15.3 Å². The molecule has 1 aliphatic rings. The molecule has 1 saturated carbocycles. The van der Waals surface area contributed by atoms with Gasteiger partial charge in [-0.1, -0.05) is 0 Å². The Kier molecular flexibility index (Phi) is 4.18. The van der Waals surface area contributed by atoms with Crippen LogP contribution < -0.4 is 0 Å². The molecule has 1 aliphatic carbocycles. The highest BCUT2D eigenvalue weighted by molar-refractivity contribution is 7.89. The first-order valence-corrected chi connectivity index (χ1v) is 7.29. The van der Waals surface area contributed by atoms with E-state index in [0.717, 1.165) is 19.3 Å². The highest BCUT2D eigenvalue weighted by Crippen LogP contribution is 2.37. The monoisotopic (exact) mass is 259 g/mol. The first-order chi connectivity index (χ1) is 7.76. The molecule has 0 heterocycles. The van der Waals surface area contributed by atoms with Gasteiger partial charge in [0.1, 0.15) is 0 Å². The Labute approximate surface area is 104 Å². The third kappa shape index (κ3) is 2.62. The van der Waals surface area contributed by atoms with Crippen LogP contribution in [0.15, 0.2) is 0 Å². The number of sulfonamides is 1. The maximum atomic E-state index is 12.0. The summed E-state index contributed by atoms with van der Waals surface area (Å²) in [6.07, 6.45) is 3.17. The van der Waals surface area contributed by atoms with Crippen molar-refractivity contribution in [3.8, 4) is 6.07 Å². The van der Waals surface area contributed by atoms with Crippen LogP contribution in [0.4, 0.5) is 0 Å². The molecular weight excluding hydrogens is 238 g/mol. The van der Waals surface area contributed by atoms with Gasteiger partial charge in [-0.05, 0) is 40.3 Å². The smallest absolute Gasteiger partial charge is 0.230 e. The van der Waals surface area contributed by atoms with Crippen LogP contribution >= 0.6 is 0 Å². The van der Waals surface area contributed by atoms with Gasteiger partial charge in [-0.3, -0.25) is 0 Å². The second-order valence-corrected chi connectivity index (χ2v) is 7.41. The summed E-state index contributed by atoms with van der Waals surface area (Å²) in [5, 5.41) is 7.75. The average molecular weight is 259 g/mol. The van der Waals surface area contributed by atoms with Crippen molar-refractivity contribution in [1.82, 2.24) is 9.21 Å². The van der Waals surface area contributed by atoms with Gasteiger partial charge >= 0.3 is 0 Å². The molecule has 0 amide bonds. The van der Waals surface area contributed by atoms with Gasteiger partial charge in [-0.25, -0.2) is 12.7 Å². The number of likely N-dealkylation sites (N-methyl/N-ethyl adjacent to an activating group) is 2. The van der Waals surface area contributed by atoms with Gasteiger partial charge in [0.25, 0.3) is 0 Å². The van der Waals surface area contributed by atoms with E-state index in [9.17, 15) is 8.42 Å². The molecule has 17 heavy (non-hydrogen) atoms. The predicted molar refractivity (Wildman–Crippen MR) is 66.9 cm³/mol. The molecule has 0 bridgehead atoms. The number of rotatable bonds is 5. The lowest BCUT2D eigenvalue weighted by Gasteiger charge is -2.49. The van der Waals surface area contributed by atoms with E-state index in [-0.39, 0.29) is 5.54 Å². The number of hydrogen-bond acceptors (Lipinski definition) is 4.